The SMILES string of the molecule is CC(C)Oc1cc(N(C(=O)O)C(C)(C)C)c2c(c1Cl)C(=O)NCC2. The smallest absolute Gasteiger partial charge is 0.412 e. The Hall–Kier alpha value is -1.95. The molecule has 2 amide bonds. The molecule has 2 N–H and O–H groups in total. The van der Waals surface area contributed by atoms with Crippen molar-refractivity contribution in [3.8, 4) is 5.75 Å². The molecule has 0 unspecified atom stereocenters. The number of amides is 2. The fraction of sp³-hybridized carbons (Fsp3) is 0.529. The fourth-order valence-electron chi connectivity index (χ4n) is 2.83. The lowest BCUT2D eigenvalue weighted by Crippen LogP contribution is -2.46. The van der Waals surface area contributed by atoms with E-state index in [1.807, 2.05) is 13.8 Å². The van der Waals surface area contributed by atoms with Crippen LogP contribution in [0.15, 0.2) is 6.07 Å². The van der Waals surface area contributed by atoms with Gasteiger partial charge in [0.2, 0.25) is 0 Å². The van der Waals surface area contributed by atoms with Gasteiger partial charge in [-0.25, -0.2) is 4.79 Å². The van der Waals surface area contributed by atoms with Crippen LogP contribution in [-0.4, -0.2) is 35.3 Å². The second-order valence-corrected chi connectivity index (χ2v) is 7.40. The number of benzene rings is 1. The number of hydrogen-bond donors (Lipinski definition) is 2. The lowest BCUT2D eigenvalue weighted by Gasteiger charge is -2.36. The Balaban J connectivity index is 2.76. The molecule has 1 heterocycles. The van der Waals surface area contributed by atoms with E-state index in [9.17, 15) is 14.7 Å². The van der Waals surface area contributed by atoms with Crippen LogP contribution in [0.2, 0.25) is 5.02 Å². The molecule has 0 aliphatic carbocycles. The van der Waals surface area contributed by atoms with Crippen molar-refractivity contribution in [1.82, 2.24) is 5.32 Å². The highest BCUT2D eigenvalue weighted by Crippen LogP contribution is 2.41. The summed E-state index contributed by atoms with van der Waals surface area (Å²) in [5.74, 6) is 0.00363. The monoisotopic (exact) mass is 354 g/mol. The largest absolute Gasteiger partial charge is 0.489 e. The Morgan fingerprint density at radius 3 is 2.54 bits per heavy atom. The molecule has 6 nitrogen and oxygen atoms in total. The number of rotatable bonds is 3. The van der Waals surface area contributed by atoms with Crippen LogP contribution < -0.4 is 15.0 Å². The zero-order valence-corrected chi connectivity index (χ0v) is 15.3. The first-order chi connectivity index (χ1) is 11.0. The van der Waals surface area contributed by atoms with E-state index in [2.05, 4.69) is 5.32 Å². The number of anilines is 1. The molecular formula is C17H23ClN2O4. The van der Waals surface area contributed by atoms with E-state index in [0.717, 1.165) is 0 Å². The highest BCUT2D eigenvalue weighted by Gasteiger charge is 2.34. The molecule has 0 aromatic heterocycles. The highest BCUT2D eigenvalue weighted by atomic mass is 35.5. The van der Waals surface area contributed by atoms with Gasteiger partial charge >= 0.3 is 6.09 Å². The Morgan fingerprint density at radius 1 is 1.42 bits per heavy atom. The van der Waals surface area contributed by atoms with E-state index < -0.39 is 11.6 Å². The first-order valence-corrected chi connectivity index (χ1v) is 8.25. The summed E-state index contributed by atoms with van der Waals surface area (Å²) in [6.07, 6.45) is -0.737. The van der Waals surface area contributed by atoms with Gasteiger partial charge in [0.1, 0.15) is 5.75 Å². The maximum Gasteiger partial charge on any atom is 0.412 e. The molecule has 1 aliphatic heterocycles. The quantitative estimate of drug-likeness (QED) is 0.867. The van der Waals surface area contributed by atoms with Gasteiger partial charge in [0.05, 0.1) is 22.4 Å². The van der Waals surface area contributed by atoms with E-state index in [1.165, 1.54) is 4.90 Å². The molecule has 0 radical (unpaired) electrons. The summed E-state index contributed by atoms with van der Waals surface area (Å²) in [5.41, 5.74) is 0.694. The van der Waals surface area contributed by atoms with Crippen molar-refractivity contribution in [3.05, 3.63) is 22.2 Å². The van der Waals surface area contributed by atoms with Crippen molar-refractivity contribution in [1.29, 1.82) is 0 Å². The summed E-state index contributed by atoms with van der Waals surface area (Å²) in [6.45, 7) is 9.52. The van der Waals surface area contributed by atoms with Gasteiger partial charge in [-0.3, -0.25) is 9.69 Å². The van der Waals surface area contributed by atoms with Crippen LogP contribution in [0.4, 0.5) is 10.5 Å². The van der Waals surface area contributed by atoms with Gasteiger partial charge < -0.3 is 15.2 Å². The third kappa shape index (κ3) is 3.43. The van der Waals surface area contributed by atoms with E-state index in [0.29, 0.717) is 35.5 Å². The van der Waals surface area contributed by atoms with Gasteiger partial charge in [-0.2, -0.15) is 0 Å². The number of carbonyl (C=O) groups is 2. The summed E-state index contributed by atoms with van der Waals surface area (Å²) in [6, 6.07) is 1.62. The Labute approximate surface area is 146 Å². The predicted molar refractivity (Wildman–Crippen MR) is 93.5 cm³/mol. The van der Waals surface area contributed by atoms with Gasteiger partial charge in [0.15, 0.2) is 0 Å². The van der Waals surface area contributed by atoms with Gasteiger partial charge in [-0.15, -0.1) is 0 Å². The summed E-state index contributed by atoms with van der Waals surface area (Å²) in [5, 5.41) is 12.7. The van der Waals surface area contributed by atoms with Crippen LogP contribution >= 0.6 is 11.6 Å². The first-order valence-electron chi connectivity index (χ1n) is 7.87. The molecule has 7 heteroatoms. The Morgan fingerprint density at radius 2 is 2.04 bits per heavy atom. The number of nitrogens with one attached hydrogen (secondary N) is 1. The molecule has 0 bridgehead atoms. The third-order valence-electron chi connectivity index (χ3n) is 3.67. The van der Waals surface area contributed by atoms with Crippen molar-refractivity contribution in [3.63, 3.8) is 0 Å². The number of nitrogens with zero attached hydrogens (tertiary/aromatic N) is 1. The number of fused-ring (bicyclic) bond motifs is 1. The molecule has 0 saturated heterocycles. The van der Waals surface area contributed by atoms with E-state index in [-0.39, 0.29) is 17.0 Å². The van der Waals surface area contributed by atoms with Crippen LogP contribution in [0.25, 0.3) is 0 Å². The number of halogens is 1. The second-order valence-electron chi connectivity index (χ2n) is 7.02. The molecule has 0 saturated carbocycles. The average molecular weight is 355 g/mol. The third-order valence-corrected chi connectivity index (χ3v) is 4.04. The molecule has 1 aromatic rings. The van der Waals surface area contributed by atoms with Crippen LogP contribution in [0, 0.1) is 0 Å². The summed E-state index contributed by atoms with van der Waals surface area (Å²) in [4.78, 5) is 25.5. The molecule has 2 rings (SSSR count). The van der Waals surface area contributed by atoms with Crippen LogP contribution in [0.1, 0.15) is 50.5 Å². The maximum absolute atomic E-state index is 12.3. The van der Waals surface area contributed by atoms with Gasteiger partial charge in [0, 0.05) is 18.2 Å². The minimum absolute atomic E-state index is 0.159. The molecule has 0 spiro atoms. The molecule has 0 atom stereocenters. The minimum Gasteiger partial charge on any atom is -0.489 e. The maximum atomic E-state index is 12.3. The normalized spacial score (nSPS) is 14.2. The molecule has 0 fully saturated rings. The van der Waals surface area contributed by atoms with Gasteiger partial charge in [-0.1, -0.05) is 11.6 Å². The van der Waals surface area contributed by atoms with Crippen molar-refractivity contribution < 1.29 is 19.4 Å². The Kier molecular flexibility index (Phi) is 4.99. The van der Waals surface area contributed by atoms with Crippen LogP contribution in [0.3, 0.4) is 0 Å². The van der Waals surface area contributed by atoms with E-state index >= 15 is 0 Å². The first kappa shape index (κ1) is 18.4. The second kappa shape index (κ2) is 6.51. The standard InChI is InChI=1S/C17H23ClN2O4/c1-9(2)24-12-8-11(20(16(22)23)17(3,4)5)10-6-7-19-15(21)13(10)14(12)18/h8-9H,6-7H2,1-5H3,(H,19,21)(H,22,23). The fourth-order valence-corrected chi connectivity index (χ4v) is 3.13. The lowest BCUT2D eigenvalue weighted by molar-refractivity contribution is 0.0945. The molecular weight excluding hydrogens is 332 g/mol. The molecule has 24 heavy (non-hydrogen) atoms. The molecule has 1 aliphatic rings. The zero-order valence-electron chi connectivity index (χ0n) is 14.6. The number of ether oxygens (including phenoxy) is 1. The molecule has 132 valence electrons. The van der Waals surface area contributed by atoms with Crippen LogP contribution in [0.5, 0.6) is 5.75 Å². The van der Waals surface area contributed by atoms with Crippen molar-refractivity contribution in [2.45, 2.75) is 52.7 Å². The lowest BCUT2D eigenvalue weighted by atomic mass is 9.94. The number of hydrogen-bond acceptors (Lipinski definition) is 3. The van der Waals surface area contributed by atoms with Gasteiger partial charge in [0.25, 0.3) is 5.91 Å². The van der Waals surface area contributed by atoms with Crippen molar-refractivity contribution in [2.75, 3.05) is 11.4 Å². The van der Waals surface area contributed by atoms with Crippen LogP contribution in [-0.2, 0) is 6.42 Å². The molecule has 1 aromatic carbocycles. The Bertz CT molecular complexity index is 680. The predicted octanol–water partition coefficient (Wildman–Crippen LogP) is 3.70. The van der Waals surface area contributed by atoms with Crippen molar-refractivity contribution in [2.24, 2.45) is 0 Å². The van der Waals surface area contributed by atoms with E-state index in [4.69, 9.17) is 16.3 Å². The van der Waals surface area contributed by atoms with Gasteiger partial charge in [-0.05, 0) is 46.6 Å². The highest BCUT2D eigenvalue weighted by molar-refractivity contribution is 6.36. The van der Waals surface area contributed by atoms with Crippen molar-refractivity contribution >= 4 is 29.3 Å². The topological polar surface area (TPSA) is 78.9 Å². The summed E-state index contributed by atoms with van der Waals surface area (Å²) < 4.78 is 5.71. The zero-order chi connectivity index (χ0) is 18.2. The summed E-state index contributed by atoms with van der Waals surface area (Å²) in [7, 11) is 0. The average Bonchev–Trinajstić information content (AvgIpc) is 2.41. The number of carboxylic acid groups (broad SMARTS) is 1. The number of carbonyl (C=O) groups excluding carboxylic acids is 1. The minimum atomic E-state index is -1.09. The van der Waals surface area contributed by atoms with E-state index in [1.54, 1.807) is 26.8 Å². The summed E-state index contributed by atoms with van der Waals surface area (Å²) >= 11 is 6.38.